The number of aryl methyl sites for hydroxylation is 2. The van der Waals surface area contributed by atoms with E-state index in [1.54, 1.807) is 4.90 Å². The number of rotatable bonds is 7. The Kier molecular flexibility index (Phi) is 6.14. The van der Waals surface area contributed by atoms with Crippen molar-refractivity contribution in [2.75, 3.05) is 17.2 Å². The molecule has 3 N–H and O–H groups in total. The topological polar surface area (TPSA) is 114 Å². The lowest BCUT2D eigenvalue weighted by atomic mass is 10.0. The van der Waals surface area contributed by atoms with Crippen LogP contribution >= 0.6 is 0 Å². The number of hydrogen-bond acceptors (Lipinski definition) is 6. The van der Waals surface area contributed by atoms with Gasteiger partial charge in [0.25, 0.3) is 5.56 Å². The first-order valence-electron chi connectivity index (χ1n) is 10.2. The van der Waals surface area contributed by atoms with E-state index in [2.05, 4.69) is 4.98 Å². The van der Waals surface area contributed by atoms with Crippen molar-refractivity contribution in [3.63, 3.8) is 0 Å². The van der Waals surface area contributed by atoms with Crippen molar-refractivity contribution in [3.05, 3.63) is 66.1 Å². The van der Waals surface area contributed by atoms with Crippen LogP contribution in [0.4, 0.5) is 11.5 Å². The fourth-order valence-corrected chi connectivity index (χ4v) is 3.63. The first kappa shape index (κ1) is 21.4. The average molecular weight is 412 g/mol. The molecule has 0 saturated heterocycles. The summed E-state index contributed by atoms with van der Waals surface area (Å²) >= 11 is 0. The number of aromatic nitrogens is 2. The summed E-state index contributed by atoms with van der Waals surface area (Å²) in [6.07, 6.45) is 1.66. The highest BCUT2D eigenvalue weighted by Crippen LogP contribution is 2.26. The van der Waals surface area contributed by atoms with E-state index in [9.17, 15) is 14.4 Å². The van der Waals surface area contributed by atoms with Crippen LogP contribution in [0.15, 0.2) is 37.0 Å². The van der Waals surface area contributed by atoms with E-state index in [0.717, 1.165) is 34.9 Å². The van der Waals surface area contributed by atoms with Gasteiger partial charge in [-0.2, -0.15) is 0 Å². The molecular weight excluding hydrogens is 384 g/mol. The Morgan fingerprint density at radius 3 is 2.57 bits per heavy atom. The predicted molar refractivity (Wildman–Crippen MR) is 119 cm³/mol. The number of benzene rings is 1. The summed E-state index contributed by atoms with van der Waals surface area (Å²) in [5, 5.41) is 0.811. The number of hydrogen-bond donors (Lipinski definition) is 2. The van der Waals surface area contributed by atoms with E-state index in [-0.39, 0.29) is 18.1 Å². The maximum absolute atomic E-state index is 12.6. The molecule has 0 aliphatic rings. The quantitative estimate of drug-likeness (QED) is 0.577. The Bertz CT molecular complexity index is 1250. The molecule has 2 heterocycles. The number of fused-ring (bicyclic) bond motifs is 1. The monoisotopic (exact) mass is 412 g/mol. The minimum Gasteiger partial charge on any atom is -0.422 e. The molecule has 1 aromatic carbocycles. The first-order valence-corrected chi connectivity index (χ1v) is 10.2. The zero-order valence-corrected chi connectivity index (χ0v) is 17.9. The van der Waals surface area contributed by atoms with Crippen molar-refractivity contribution in [1.29, 1.82) is 0 Å². The van der Waals surface area contributed by atoms with E-state index < -0.39 is 16.9 Å². The highest BCUT2D eigenvalue weighted by atomic mass is 16.4. The molecule has 30 heavy (non-hydrogen) atoms. The second kappa shape index (κ2) is 8.61. The van der Waals surface area contributed by atoms with Gasteiger partial charge in [-0.3, -0.25) is 14.3 Å². The number of nitrogens with two attached hydrogens (primary N) is 1. The molecular formula is C22H28N4O4. The van der Waals surface area contributed by atoms with Crippen molar-refractivity contribution < 1.29 is 4.42 Å². The Hall–Kier alpha value is -3.29. The summed E-state index contributed by atoms with van der Waals surface area (Å²) in [5.41, 5.74) is 8.21. The van der Waals surface area contributed by atoms with E-state index >= 15 is 0 Å². The Morgan fingerprint density at radius 2 is 1.90 bits per heavy atom. The highest BCUT2D eigenvalue weighted by Gasteiger charge is 2.20. The number of nitrogens with zero attached hydrogens (tertiary/aromatic N) is 2. The van der Waals surface area contributed by atoms with Gasteiger partial charge in [0.2, 0.25) is 0 Å². The fourth-order valence-electron chi connectivity index (χ4n) is 3.63. The van der Waals surface area contributed by atoms with Crippen LogP contribution in [0.5, 0.6) is 0 Å². The van der Waals surface area contributed by atoms with Crippen LogP contribution in [0.1, 0.15) is 43.4 Å². The molecule has 0 aliphatic carbocycles. The second-order valence-corrected chi connectivity index (χ2v) is 7.49. The van der Waals surface area contributed by atoms with Gasteiger partial charge in [0.1, 0.15) is 17.1 Å². The molecule has 2 aromatic heterocycles. The Labute approximate surface area is 173 Å². The van der Waals surface area contributed by atoms with E-state index in [0.29, 0.717) is 18.7 Å². The SMILES string of the molecule is CCCCn1c(N)c(N(CC)Cc2cc(=O)oc3c(C)c(C)ccc23)c(=O)[nH]c1=O. The van der Waals surface area contributed by atoms with Gasteiger partial charge < -0.3 is 15.1 Å². The number of nitrogen functional groups attached to an aromatic ring is 1. The van der Waals surface area contributed by atoms with Gasteiger partial charge in [-0.05, 0) is 43.9 Å². The number of unbranched alkanes of at least 4 members (excludes halogenated alkanes) is 1. The summed E-state index contributed by atoms with van der Waals surface area (Å²) in [4.78, 5) is 41.2. The molecule has 3 rings (SSSR count). The highest BCUT2D eigenvalue weighted by molar-refractivity contribution is 5.84. The number of nitrogens with one attached hydrogen (secondary N) is 1. The van der Waals surface area contributed by atoms with Gasteiger partial charge >= 0.3 is 11.3 Å². The lowest BCUT2D eigenvalue weighted by Crippen LogP contribution is -2.38. The normalized spacial score (nSPS) is 11.2. The molecule has 0 saturated carbocycles. The first-order chi connectivity index (χ1) is 14.3. The van der Waals surface area contributed by atoms with Gasteiger partial charge in [-0.25, -0.2) is 9.59 Å². The van der Waals surface area contributed by atoms with E-state index in [1.807, 2.05) is 39.8 Å². The summed E-state index contributed by atoms with van der Waals surface area (Å²) in [6, 6.07) is 5.33. The van der Waals surface area contributed by atoms with Gasteiger partial charge in [0.15, 0.2) is 0 Å². The molecule has 0 spiro atoms. The molecule has 160 valence electrons. The Morgan fingerprint density at radius 1 is 1.17 bits per heavy atom. The summed E-state index contributed by atoms with van der Waals surface area (Å²) < 4.78 is 6.85. The second-order valence-electron chi connectivity index (χ2n) is 7.49. The molecule has 0 atom stereocenters. The van der Waals surface area contributed by atoms with Crippen LogP contribution in [-0.4, -0.2) is 16.1 Å². The minimum atomic E-state index is -0.536. The third-order valence-electron chi connectivity index (χ3n) is 5.53. The third-order valence-corrected chi connectivity index (χ3v) is 5.53. The Balaban J connectivity index is 2.14. The van der Waals surface area contributed by atoms with E-state index in [4.69, 9.17) is 10.2 Å². The fraction of sp³-hybridized carbons (Fsp3) is 0.409. The minimum absolute atomic E-state index is 0.137. The summed E-state index contributed by atoms with van der Waals surface area (Å²) in [5.74, 6) is 0.137. The van der Waals surface area contributed by atoms with Crippen molar-refractivity contribution >= 4 is 22.5 Å². The lowest BCUT2D eigenvalue weighted by molar-refractivity contribution is 0.555. The van der Waals surface area contributed by atoms with E-state index in [1.165, 1.54) is 10.6 Å². The maximum Gasteiger partial charge on any atom is 0.336 e. The molecule has 0 fully saturated rings. The van der Waals surface area contributed by atoms with Crippen LogP contribution in [0, 0.1) is 13.8 Å². The standard InChI is InChI=1S/C22H28N4O4/c1-5-7-10-26-20(23)18(21(28)24-22(26)29)25(6-2)12-15-11-17(27)30-19-14(4)13(3)8-9-16(15)19/h8-9,11H,5-7,10,12,23H2,1-4H3,(H,24,28,29). The zero-order chi connectivity index (χ0) is 22.0. The summed E-state index contributed by atoms with van der Waals surface area (Å²) in [7, 11) is 0. The van der Waals surface area contributed by atoms with Gasteiger partial charge in [-0.15, -0.1) is 0 Å². The molecule has 8 nitrogen and oxygen atoms in total. The van der Waals surface area contributed by atoms with Crippen LogP contribution in [0.25, 0.3) is 11.0 Å². The van der Waals surface area contributed by atoms with Gasteiger partial charge in [0.05, 0.1) is 0 Å². The maximum atomic E-state index is 12.6. The molecule has 0 bridgehead atoms. The molecule has 3 aromatic rings. The predicted octanol–water partition coefficient (Wildman–Crippen LogP) is 2.67. The van der Waals surface area contributed by atoms with Crippen LogP contribution < -0.4 is 27.5 Å². The summed E-state index contributed by atoms with van der Waals surface area (Å²) in [6.45, 7) is 8.95. The molecule has 0 unspecified atom stereocenters. The number of H-pyrrole nitrogens is 1. The van der Waals surface area contributed by atoms with Crippen LogP contribution in [0.2, 0.25) is 0 Å². The number of aromatic amines is 1. The number of anilines is 2. The van der Waals surface area contributed by atoms with Gasteiger partial charge in [0, 0.05) is 31.1 Å². The molecule has 8 heteroatoms. The van der Waals surface area contributed by atoms with Crippen molar-refractivity contribution in [2.24, 2.45) is 0 Å². The largest absolute Gasteiger partial charge is 0.422 e. The lowest BCUT2D eigenvalue weighted by Gasteiger charge is -2.25. The average Bonchev–Trinajstić information content (AvgIpc) is 2.69. The van der Waals surface area contributed by atoms with Crippen LogP contribution in [-0.2, 0) is 13.1 Å². The van der Waals surface area contributed by atoms with Crippen molar-refractivity contribution in [1.82, 2.24) is 9.55 Å². The van der Waals surface area contributed by atoms with Crippen LogP contribution in [0.3, 0.4) is 0 Å². The zero-order valence-electron chi connectivity index (χ0n) is 17.9. The smallest absolute Gasteiger partial charge is 0.336 e. The third kappa shape index (κ3) is 3.90. The van der Waals surface area contributed by atoms with Crippen molar-refractivity contribution in [3.8, 4) is 0 Å². The van der Waals surface area contributed by atoms with Crippen molar-refractivity contribution in [2.45, 2.75) is 53.6 Å². The molecule has 0 amide bonds. The van der Waals surface area contributed by atoms with Gasteiger partial charge in [-0.1, -0.05) is 25.5 Å². The molecule has 0 aliphatic heterocycles. The molecule has 0 radical (unpaired) electrons.